The number of hydrogen-bond acceptors (Lipinski definition) is 2. The minimum Gasteiger partial charge on any atom is -0.345 e. The summed E-state index contributed by atoms with van der Waals surface area (Å²) >= 11 is 0. The number of unbranched alkanes of at least 4 members (excludes halogenated alkanes) is 5. The molecule has 4 heteroatoms. The summed E-state index contributed by atoms with van der Waals surface area (Å²) in [7, 11) is 1.79. The Labute approximate surface area is 172 Å². The van der Waals surface area contributed by atoms with Gasteiger partial charge in [0.25, 0.3) is 0 Å². The minimum absolute atomic E-state index is 0.101. The summed E-state index contributed by atoms with van der Waals surface area (Å²) in [6.07, 6.45) is 7.06. The Balaban J connectivity index is 2.61. The smallest absolute Gasteiger partial charge is 0.233 e. The van der Waals surface area contributed by atoms with E-state index < -0.39 is 0 Å². The normalized spacial score (nSPS) is 11.1. The molecule has 0 radical (unpaired) electrons. The van der Waals surface area contributed by atoms with Gasteiger partial charge in [-0.15, -0.1) is 0 Å². The number of hydrogen-bond donors (Lipinski definition) is 1. The van der Waals surface area contributed by atoms with Crippen LogP contribution in [0.3, 0.4) is 0 Å². The van der Waals surface area contributed by atoms with Gasteiger partial charge >= 0.3 is 0 Å². The Hall–Kier alpha value is -1.84. The van der Waals surface area contributed by atoms with Gasteiger partial charge in [0, 0.05) is 19.3 Å². The van der Waals surface area contributed by atoms with Crippen molar-refractivity contribution in [3.63, 3.8) is 0 Å². The lowest BCUT2D eigenvalue weighted by Gasteiger charge is -2.21. The zero-order valence-corrected chi connectivity index (χ0v) is 18.8. The minimum atomic E-state index is -0.227. The number of amides is 2. The maximum atomic E-state index is 12.6. The van der Waals surface area contributed by atoms with Gasteiger partial charge < -0.3 is 10.2 Å². The quantitative estimate of drug-likeness (QED) is 0.348. The maximum absolute atomic E-state index is 12.6. The lowest BCUT2D eigenvalue weighted by Crippen LogP contribution is -2.31. The highest BCUT2D eigenvalue weighted by molar-refractivity contribution is 6.04. The van der Waals surface area contributed by atoms with E-state index in [1.807, 2.05) is 6.07 Å². The summed E-state index contributed by atoms with van der Waals surface area (Å²) in [6, 6.07) is 6.15. The van der Waals surface area contributed by atoms with Crippen LogP contribution in [0.25, 0.3) is 0 Å². The van der Waals surface area contributed by atoms with E-state index in [0.717, 1.165) is 36.2 Å². The van der Waals surface area contributed by atoms with Gasteiger partial charge in [-0.1, -0.05) is 84.9 Å². The van der Waals surface area contributed by atoms with Crippen molar-refractivity contribution in [2.24, 2.45) is 0 Å². The van der Waals surface area contributed by atoms with E-state index in [9.17, 15) is 9.59 Å². The predicted molar refractivity (Wildman–Crippen MR) is 119 cm³/mol. The number of carbonyl (C=O) groups excluding carboxylic acids is 2. The van der Waals surface area contributed by atoms with Crippen molar-refractivity contribution >= 4 is 17.5 Å². The third-order valence-corrected chi connectivity index (χ3v) is 5.22. The molecule has 4 nitrogen and oxygen atoms in total. The molecular formula is C24H40N2O2. The molecule has 0 bridgehead atoms. The van der Waals surface area contributed by atoms with Crippen LogP contribution < -0.4 is 5.32 Å². The molecule has 0 unspecified atom stereocenters. The molecular weight excluding hydrogens is 348 g/mol. The summed E-state index contributed by atoms with van der Waals surface area (Å²) in [5.74, 6) is 0.272. The molecule has 0 aliphatic heterocycles. The highest BCUT2D eigenvalue weighted by Gasteiger charge is 2.19. The van der Waals surface area contributed by atoms with Gasteiger partial charge in [-0.3, -0.25) is 9.59 Å². The van der Waals surface area contributed by atoms with Crippen molar-refractivity contribution in [2.75, 3.05) is 18.9 Å². The first-order valence-electron chi connectivity index (χ1n) is 10.9. The molecule has 0 aliphatic rings. The van der Waals surface area contributed by atoms with Crippen LogP contribution in [0.15, 0.2) is 18.2 Å². The molecule has 0 saturated carbocycles. The van der Waals surface area contributed by atoms with Crippen LogP contribution in [0, 0.1) is 0 Å². The van der Waals surface area contributed by atoms with Crippen molar-refractivity contribution in [2.45, 2.75) is 91.4 Å². The van der Waals surface area contributed by atoms with Gasteiger partial charge in [0.15, 0.2) is 0 Å². The van der Waals surface area contributed by atoms with Gasteiger partial charge in [0.2, 0.25) is 11.8 Å². The number of nitrogens with zero attached hydrogens (tertiary/aromatic N) is 1. The molecule has 0 heterocycles. The zero-order valence-electron chi connectivity index (χ0n) is 18.8. The second-order valence-corrected chi connectivity index (χ2v) is 8.43. The van der Waals surface area contributed by atoms with Crippen molar-refractivity contribution in [3.8, 4) is 0 Å². The Kier molecular flexibility index (Phi) is 10.9. The monoisotopic (exact) mass is 388 g/mol. The van der Waals surface area contributed by atoms with Gasteiger partial charge in [0.1, 0.15) is 6.42 Å². The SMILES string of the molecule is CCCCCCCCN(C)C(=O)CC(=O)Nc1c(C(C)C)cccc1C(C)C. The number of nitrogens with one attached hydrogen (secondary N) is 1. The molecule has 0 aromatic heterocycles. The molecule has 158 valence electrons. The van der Waals surface area contributed by atoms with Crippen molar-refractivity contribution in [1.82, 2.24) is 4.90 Å². The highest BCUT2D eigenvalue weighted by atomic mass is 16.2. The first kappa shape index (κ1) is 24.2. The Morgan fingerprint density at radius 3 is 2.00 bits per heavy atom. The molecule has 1 rings (SSSR count). The van der Waals surface area contributed by atoms with E-state index in [-0.39, 0.29) is 18.2 Å². The fourth-order valence-electron chi connectivity index (χ4n) is 3.41. The maximum Gasteiger partial charge on any atom is 0.233 e. The molecule has 1 aromatic rings. The summed E-state index contributed by atoms with van der Waals surface area (Å²) in [5, 5.41) is 3.03. The number of benzene rings is 1. The standard InChI is InChI=1S/C24H40N2O2/c1-7-8-9-10-11-12-16-26(6)23(28)17-22(27)25-24-20(18(2)3)14-13-15-21(24)19(4)5/h13-15,18-19H,7-12,16-17H2,1-6H3,(H,25,27). The summed E-state index contributed by atoms with van der Waals surface area (Å²) in [4.78, 5) is 26.7. The molecule has 2 amide bonds. The average molecular weight is 389 g/mol. The van der Waals surface area contributed by atoms with Crippen LogP contribution in [-0.4, -0.2) is 30.3 Å². The molecule has 1 N–H and O–H groups in total. The Morgan fingerprint density at radius 2 is 1.46 bits per heavy atom. The van der Waals surface area contributed by atoms with Gasteiger partial charge in [0.05, 0.1) is 0 Å². The van der Waals surface area contributed by atoms with Crippen LogP contribution in [0.4, 0.5) is 5.69 Å². The fraction of sp³-hybridized carbons (Fsp3) is 0.667. The van der Waals surface area contributed by atoms with Crippen molar-refractivity contribution < 1.29 is 9.59 Å². The van der Waals surface area contributed by atoms with E-state index in [2.05, 4.69) is 52.1 Å². The van der Waals surface area contributed by atoms with E-state index in [4.69, 9.17) is 0 Å². The molecule has 0 saturated heterocycles. The molecule has 0 atom stereocenters. The molecule has 1 aromatic carbocycles. The topological polar surface area (TPSA) is 49.4 Å². The number of rotatable bonds is 12. The van der Waals surface area contributed by atoms with Crippen LogP contribution in [0.1, 0.15) is 103 Å². The van der Waals surface area contributed by atoms with Gasteiger partial charge in [-0.25, -0.2) is 0 Å². The Bertz CT molecular complexity index is 597. The number of carbonyl (C=O) groups is 2. The van der Waals surface area contributed by atoms with Crippen molar-refractivity contribution in [3.05, 3.63) is 29.3 Å². The molecule has 0 spiro atoms. The Morgan fingerprint density at radius 1 is 0.929 bits per heavy atom. The third kappa shape index (κ3) is 8.04. The average Bonchev–Trinajstić information content (AvgIpc) is 2.63. The third-order valence-electron chi connectivity index (χ3n) is 5.22. The number of para-hydroxylation sites is 1. The first-order chi connectivity index (χ1) is 13.3. The molecule has 28 heavy (non-hydrogen) atoms. The highest BCUT2D eigenvalue weighted by Crippen LogP contribution is 2.32. The second kappa shape index (κ2) is 12.6. The molecule has 0 aliphatic carbocycles. The van der Waals surface area contributed by atoms with Gasteiger partial charge in [-0.05, 0) is 29.4 Å². The van der Waals surface area contributed by atoms with Gasteiger partial charge in [-0.2, -0.15) is 0 Å². The van der Waals surface area contributed by atoms with Crippen LogP contribution in [0.2, 0.25) is 0 Å². The summed E-state index contributed by atoms with van der Waals surface area (Å²) < 4.78 is 0. The van der Waals surface area contributed by atoms with Crippen LogP contribution >= 0.6 is 0 Å². The van der Waals surface area contributed by atoms with Crippen LogP contribution in [-0.2, 0) is 9.59 Å². The lowest BCUT2D eigenvalue weighted by atomic mass is 9.92. The lowest BCUT2D eigenvalue weighted by molar-refractivity contribution is -0.133. The predicted octanol–water partition coefficient (Wildman–Crippen LogP) is 6.08. The van der Waals surface area contributed by atoms with Crippen molar-refractivity contribution in [1.29, 1.82) is 0 Å². The summed E-state index contributed by atoms with van der Waals surface area (Å²) in [6.45, 7) is 11.4. The number of anilines is 1. The fourth-order valence-corrected chi connectivity index (χ4v) is 3.41. The van der Waals surface area contributed by atoms with Crippen LogP contribution in [0.5, 0.6) is 0 Å². The van der Waals surface area contributed by atoms with E-state index in [1.165, 1.54) is 25.7 Å². The molecule has 0 fully saturated rings. The zero-order chi connectivity index (χ0) is 21.1. The largest absolute Gasteiger partial charge is 0.345 e. The second-order valence-electron chi connectivity index (χ2n) is 8.43. The van der Waals surface area contributed by atoms with E-state index in [1.54, 1.807) is 11.9 Å². The first-order valence-corrected chi connectivity index (χ1v) is 10.9. The summed E-state index contributed by atoms with van der Waals surface area (Å²) in [5.41, 5.74) is 3.11. The van der Waals surface area contributed by atoms with E-state index >= 15 is 0 Å². The van der Waals surface area contributed by atoms with E-state index in [0.29, 0.717) is 11.8 Å².